The average molecular weight is 315 g/mol. The topological polar surface area (TPSA) is 56.1 Å². The molecule has 1 heterocycles. The molecule has 0 fully saturated rings. The second-order valence-electron chi connectivity index (χ2n) is 5.72. The van der Waals surface area contributed by atoms with Crippen molar-refractivity contribution in [3.05, 3.63) is 60.3 Å². The maximum atomic E-state index is 13.1. The van der Waals surface area contributed by atoms with E-state index >= 15 is 0 Å². The third-order valence-electron chi connectivity index (χ3n) is 4.14. The Morgan fingerprint density at radius 1 is 1.23 bits per heavy atom. The van der Waals surface area contributed by atoms with E-state index in [1.54, 1.807) is 43.3 Å². The number of nitrogens with zero attached hydrogens (tertiary/aromatic N) is 1. The molecular weight excluding hydrogens is 298 g/mol. The van der Waals surface area contributed by atoms with Gasteiger partial charge < -0.3 is 0 Å². The van der Waals surface area contributed by atoms with Gasteiger partial charge in [0.15, 0.2) is 5.78 Å². The molecule has 0 amide bonds. The fourth-order valence-electron chi connectivity index (χ4n) is 2.78. The Morgan fingerprint density at radius 3 is 2.64 bits per heavy atom. The summed E-state index contributed by atoms with van der Waals surface area (Å²) in [6.07, 6.45) is 9.13. The maximum Gasteiger partial charge on any atom is 0.248 e. The van der Waals surface area contributed by atoms with Gasteiger partial charge in [0, 0.05) is 17.1 Å². The van der Waals surface area contributed by atoms with E-state index in [1.165, 1.54) is 17.1 Å². The second-order valence-corrected chi connectivity index (χ2v) is 7.99. The number of hydrogen-bond donors (Lipinski definition) is 0. The van der Waals surface area contributed by atoms with Crippen molar-refractivity contribution in [3.63, 3.8) is 0 Å². The number of benzene rings is 1. The molecule has 0 spiro atoms. The molecule has 1 aromatic carbocycles. The highest BCUT2D eigenvalue weighted by Crippen LogP contribution is 2.32. The number of carbonyl (C=O) groups is 1. The van der Waals surface area contributed by atoms with Crippen molar-refractivity contribution in [3.8, 4) is 0 Å². The Morgan fingerprint density at radius 2 is 2.00 bits per heavy atom. The van der Waals surface area contributed by atoms with Crippen LogP contribution in [0.15, 0.2) is 54.8 Å². The molecule has 1 aliphatic carbocycles. The van der Waals surface area contributed by atoms with Crippen molar-refractivity contribution in [1.29, 1.82) is 0 Å². The van der Waals surface area contributed by atoms with E-state index < -0.39 is 14.8 Å². The van der Waals surface area contributed by atoms with Crippen LogP contribution in [0.5, 0.6) is 0 Å². The zero-order chi connectivity index (χ0) is 16.0. The van der Waals surface area contributed by atoms with Gasteiger partial charge in [-0.05, 0) is 32.4 Å². The largest absolute Gasteiger partial charge is 0.294 e. The van der Waals surface area contributed by atoms with Crippen LogP contribution in [-0.2, 0) is 10.0 Å². The molecule has 1 atom stereocenters. The van der Waals surface area contributed by atoms with Crippen molar-refractivity contribution in [2.24, 2.45) is 0 Å². The molecule has 22 heavy (non-hydrogen) atoms. The minimum Gasteiger partial charge on any atom is -0.294 e. The highest BCUT2D eigenvalue weighted by atomic mass is 32.2. The molecule has 0 N–H and O–H groups in total. The number of allylic oxidation sites excluding steroid dienone is 3. The Hall–Kier alpha value is -2.14. The van der Waals surface area contributed by atoms with E-state index in [9.17, 15) is 13.2 Å². The molecule has 1 aromatic heterocycles. The van der Waals surface area contributed by atoms with Crippen LogP contribution in [0.25, 0.3) is 10.9 Å². The summed E-state index contributed by atoms with van der Waals surface area (Å²) in [5.74, 6) is -0.0764. The van der Waals surface area contributed by atoms with E-state index in [0.29, 0.717) is 22.9 Å². The fraction of sp³-hybridized carbons (Fsp3) is 0.235. The van der Waals surface area contributed by atoms with Gasteiger partial charge in [0.1, 0.15) is 4.75 Å². The van der Waals surface area contributed by atoms with Gasteiger partial charge in [-0.3, -0.25) is 4.79 Å². The minimum absolute atomic E-state index is 0.0764. The lowest BCUT2D eigenvalue weighted by Crippen LogP contribution is -2.37. The number of fused-ring (bicyclic) bond motifs is 1. The maximum absolute atomic E-state index is 13.1. The van der Waals surface area contributed by atoms with Gasteiger partial charge in [-0.2, -0.15) is 0 Å². The lowest BCUT2D eigenvalue weighted by atomic mass is 10.0. The lowest BCUT2D eigenvalue weighted by molar-refractivity contribution is 0.101. The molecule has 0 aliphatic heterocycles. The van der Waals surface area contributed by atoms with Crippen LogP contribution >= 0.6 is 0 Å². The lowest BCUT2D eigenvalue weighted by Gasteiger charge is -2.27. The summed E-state index contributed by atoms with van der Waals surface area (Å²) in [6.45, 7) is 3.19. The molecule has 0 saturated heterocycles. The molecule has 1 aliphatic rings. The number of Topliss-reactive ketones (excluding diaryl/α,β-unsaturated/α-hetero) is 1. The number of aromatic nitrogens is 1. The highest BCUT2D eigenvalue weighted by Gasteiger charge is 2.38. The standard InChI is InChI=1S/C17H17NO3S/c1-13(19)14-7-6-8-16-15(14)9-12-18(16)22(20,21)17(2)10-4-3-5-11-17/h3-10,12H,11H2,1-2H3. The Balaban J connectivity index is 2.23. The van der Waals surface area contributed by atoms with Crippen LogP contribution < -0.4 is 0 Å². The third kappa shape index (κ3) is 2.04. The first-order valence-corrected chi connectivity index (χ1v) is 8.51. The van der Waals surface area contributed by atoms with Crippen LogP contribution in [0.3, 0.4) is 0 Å². The first-order chi connectivity index (χ1) is 10.4. The molecule has 0 bridgehead atoms. The predicted octanol–water partition coefficient (Wildman–Crippen LogP) is 3.30. The minimum atomic E-state index is -3.62. The van der Waals surface area contributed by atoms with Crippen molar-refractivity contribution in [2.45, 2.75) is 25.0 Å². The smallest absolute Gasteiger partial charge is 0.248 e. The van der Waals surface area contributed by atoms with E-state index in [0.717, 1.165) is 0 Å². The second kappa shape index (κ2) is 4.95. The van der Waals surface area contributed by atoms with Crippen molar-refractivity contribution < 1.29 is 13.2 Å². The van der Waals surface area contributed by atoms with Crippen molar-refractivity contribution >= 4 is 26.7 Å². The number of carbonyl (C=O) groups excluding carboxylic acids is 1. The van der Waals surface area contributed by atoms with Crippen LogP contribution in [-0.4, -0.2) is 22.9 Å². The van der Waals surface area contributed by atoms with Gasteiger partial charge in [0.05, 0.1) is 5.52 Å². The molecule has 0 radical (unpaired) electrons. The van der Waals surface area contributed by atoms with E-state index in [2.05, 4.69) is 0 Å². The van der Waals surface area contributed by atoms with E-state index in [4.69, 9.17) is 0 Å². The van der Waals surface area contributed by atoms with Gasteiger partial charge in [-0.1, -0.05) is 36.4 Å². The van der Waals surface area contributed by atoms with Crippen LogP contribution in [0.2, 0.25) is 0 Å². The average Bonchev–Trinajstić information content (AvgIpc) is 2.92. The molecule has 114 valence electrons. The molecular formula is C17H17NO3S. The summed E-state index contributed by atoms with van der Waals surface area (Å²) in [5.41, 5.74) is 1.08. The summed E-state index contributed by atoms with van der Waals surface area (Å²) >= 11 is 0. The van der Waals surface area contributed by atoms with Gasteiger partial charge in [-0.25, -0.2) is 12.4 Å². The highest BCUT2D eigenvalue weighted by molar-refractivity contribution is 7.91. The number of rotatable bonds is 3. The summed E-state index contributed by atoms with van der Waals surface area (Å²) in [5, 5.41) is 0.664. The molecule has 2 aromatic rings. The summed E-state index contributed by atoms with van der Waals surface area (Å²) in [4.78, 5) is 11.7. The number of hydrogen-bond acceptors (Lipinski definition) is 3. The van der Waals surface area contributed by atoms with Gasteiger partial charge >= 0.3 is 0 Å². The predicted molar refractivity (Wildman–Crippen MR) is 87.6 cm³/mol. The molecule has 4 nitrogen and oxygen atoms in total. The summed E-state index contributed by atoms with van der Waals surface area (Å²) in [6, 6.07) is 6.84. The number of ketones is 1. The van der Waals surface area contributed by atoms with Crippen molar-refractivity contribution in [2.75, 3.05) is 0 Å². The quantitative estimate of drug-likeness (QED) is 0.817. The Kier molecular flexibility index (Phi) is 3.33. The Labute approximate surface area is 129 Å². The SMILES string of the molecule is CC(=O)c1cccc2c1ccn2S(=O)(=O)C1(C)C=CC=CC1. The monoisotopic (exact) mass is 315 g/mol. The summed E-state index contributed by atoms with van der Waals surface area (Å²) < 4.78 is 26.4. The van der Waals surface area contributed by atoms with Crippen LogP contribution in [0.4, 0.5) is 0 Å². The van der Waals surface area contributed by atoms with E-state index in [-0.39, 0.29) is 5.78 Å². The molecule has 5 heteroatoms. The molecule has 3 rings (SSSR count). The van der Waals surface area contributed by atoms with Crippen LogP contribution in [0.1, 0.15) is 30.6 Å². The normalized spacial score (nSPS) is 21.4. The van der Waals surface area contributed by atoms with Gasteiger partial charge in [0.25, 0.3) is 0 Å². The van der Waals surface area contributed by atoms with Gasteiger partial charge in [0.2, 0.25) is 10.0 Å². The van der Waals surface area contributed by atoms with E-state index in [1.807, 2.05) is 12.2 Å². The van der Waals surface area contributed by atoms with Gasteiger partial charge in [-0.15, -0.1) is 0 Å². The Bertz CT molecular complexity index is 919. The third-order valence-corrected chi connectivity index (χ3v) is 6.46. The van der Waals surface area contributed by atoms with Crippen LogP contribution in [0, 0.1) is 0 Å². The zero-order valence-electron chi connectivity index (χ0n) is 12.5. The summed E-state index contributed by atoms with van der Waals surface area (Å²) in [7, 11) is -3.62. The first-order valence-electron chi connectivity index (χ1n) is 7.07. The molecule has 1 unspecified atom stereocenters. The van der Waals surface area contributed by atoms with Crippen molar-refractivity contribution in [1.82, 2.24) is 3.97 Å². The molecule has 0 saturated carbocycles. The first kappa shape index (κ1) is 14.8. The zero-order valence-corrected chi connectivity index (χ0v) is 13.3. The fourth-order valence-corrected chi connectivity index (χ4v) is 4.43.